The van der Waals surface area contributed by atoms with E-state index < -0.39 is 17.5 Å². The number of ether oxygens (including phenoxy) is 2. The Morgan fingerprint density at radius 1 is 0.622 bits per heavy atom. The molecule has 0 radical (unpaired) electrons. The number of hydrogen-bond acceptors (Lipinski definition) is 2. The maximum atomic E-state index is 15.1. The average molecular weight is 505 g/mol. The molecule has 5 heteroatoms. The van der Waals surface area contributed by atoms with Crippen molar-refractivity contribution in [2.24, 2.45) is 0 Å². The van der Waals surface area contributed by atoms with Gasteiger partial charge in [-0.3, -0.25) is 0 Å². The van der Waals surface area contributed by atoms with E-state index in [2.05, 4.69) is 6.92 Å². The normalized spacial score (nSPS) is 10.9. The van der Waals surface area contributed by atoms with E-state index in [-0.39, 0.29) is 23.5 Å². The van der Waals surface area contributed by atoms with Gasteiger partial charge in [-0.2, -0.15) is 0 Å². The molecule has 4 aromatic rings. The van der Waals surface area contributed by atoms with Crippen molar-refractivity contribution in [3.05, 3.63) is 107 Å². The van der Waals surface area contributed by atoms with Gasteiger partial charge in [0.05, 0.1) is 6.61 Å². The fourth-order valence-electron chi connectivity index (χ4n) is 4.22. The molecule has 192 valence electrons. The van der Waals surface area contributed by atoms with Crippen LogP contribution >= 0.6 is 0 Å². The summed E-state index contributed by atoms with van der Waals surface area (Å²) in [5.41, 5.74) is 3.67. The summed E-state index contributed by atoms with van der Waals surface area (Å²) in [6, 6.07) is 22.4. The van der Waals surface area contributed by atoms with E-state index in [1.165, 1.54) is 24.1 Å². The standard InChI is InChI=1S/C32H31F3O2/c1-3-5-6-7-22-8-12-24(13-9-22)27-17-18-28(32(35)31(27)34)25-14-10-23(11-15-25)21-37-26-16-19-30(36-4-2)29(33)20-26/h8-20H,3-7,21H2,1-2H3. The van der Waals surface area contributed by atoms with Crippen molar-refractivity contribution in [2.45, 2.75) is 46.1 Å². The molecular formula is C32H31F3O2. The molecule has 2 nitrogen and oxygen atoms in total. The van der Waals surface area contributed by atoms with Crippen LogP contribution in [0.1, 0.15) is 44.2 Å². The average Bonchev–Trinajstić information content (AvgIpc) is 2.91. The second-order valence-corrected chi connectivity index (χ2v) is 8.95. The highest BCUT2D eigenvalue weighted by Gasteiger charge is 2.16. The molecule has 0 saturated carbocycles. The summed E-state index contributed by atoms with van der Waals surface area (Å²) in [5, 5.41) is 0. The number of aryl methyl sites for hydroxylation is 1. The molecule has 0 aliphatic heterocycles. The van der Waals surface area contributed by atoms with Crippen LogP contribution in [0.4, 0.5) is 13.2 Å². The van der Waals surface area contributed by atoms with Gasteiger partial charge >= 0.3 is 0 Å². The molecule has 0 amide bonds. The second-order valence-electron chi connectivity index (χ2n) is 8.95. The number of benzene rings is 4. The Labute approximate surface area is 216 Å². The Morgan fingerprint density at radius 3 is 1.76 bits per heavy atom. The van der Waals surface area contributed by atoms with Crippen LogP contribution < -0.4 is 9.47 Å². The van der Waals surface area contributed by atoms with Crippen LogP contribution in [0, 0.1) is 17.5 Å². The van der Waals surface area contributed by atoms with Gasteiger partial charge < -0.3 is 9.47 Å². The lowest BCUT2D eigenvalue weighted by molar-refractivity contribution is 0.297. The maximum absolute atomic E-state index is 15.1. The molecule has 0 N–H and O–H groups in total. The van der Waals surface area contributed by atoms with Gasteiger partial charge in [-0.15, -0.1) is 0 Å². The summed E-state index contributed by atoms with van der Waals surface area (Å²) in [5.74, 6) is -1.67. The van der Waals surface area contributed by atoms with Crippen LogP contribution in [0.3, 0.4) is 0 Å². The van der Waals surface area contributed by atoms with Crippen LogP contribution in [0.25, 0.3) is 22.3 Å². The molecule has 0 fully saturated rings. The van der Waals surface area contributed by atoms with Gasteiger partial charge in [-0.25, -0.2) is 13.2 Å². The monoisotopic (exact) mass is 504 g/mol. The van der Waals surface area contributed by atoms with Crippen LogP contribution in [0.2, 0.25) is 0 Å². The molecule has 4 aromatic carbocycles. The van der Waals surface area contributed by atoms with Crippen molar-refractivity contribution in [3.63, 3.8) is 0 Å². The molecule has 4 rings (SSSR count). The summed E-state index contributed by atoms with van der Waals surface area (Å²) in [6.07, 6.45) is 4.46. The highest BCUT2D eigenvalue weighted by Crippen LogP contribution is 2.32. The van der Waals surface area contributed by atoms with Crippen LogP contribution in [0.15, 0.2) is 78.9 Å². The third-order valence-electron chi connectivity index (χ3n) is 6.29. The van der Waals surface area contributed by atoms with Gasteiger partial charge in [-0.05, 0) is 54.2 Å². The number of halogens is 3. The van der Waals surface area contributed by atoms with E-state index >= 15 is 8.78 Å². The SMILES string of the molecule is CCCCCc1ccc(-c2ccc(-c3ccc(COc4ccc(OCC)c(F)c4)cc3)c(F)c2F)cc1. The van der Waals surface area contributed by atoms with Gasteiger partial charge in [0, 0.05) is 17.2 Å². The van der Waals surface area contributed by atoms with Crippen molar-refractivity contribution in [2.75, 3.05) is 6.61 Å². The largest absolute Gasteiger partial charge is 0.491 e. The van der Waals surface area contributed by atoms with E-state index in [4.69, 9.17) is 9.47 Å². The van der Waals surface area contributed by atoms with E-state index in [0.29, 0.717) is 23.5 Å². The Hall–Kier alpha value is -3.73. The number of hydrogen-bond donors (Lipinski definition) is 0. The first-order valence-electron chi connectivity index (χ1n) is 12.7. The van der Waals surface area contributed by atoms with Gasteiger partial charge in [0.25, 0.3) is 0 Å². The lowest BCUT2D eigenvalue weighted by Gasteiger charge is -2.11. The molecular weight excluding hydrogens is 473 g/mol. The maximum Gasteiger partial charge on any atom is 0.168 e. The van der Waals surface area contributed by atoms with Crippen molar-refractivity contribution in [3.8, 4) is 33.8 Å². The summed E-state index contributed by atoms with van der Waals surface area (Å²) in [6.45, 7) is 4.54. The highest BCUT2D eigenvalue weighted by molar-refractivity contribution is 5.72. The van der Waals surface area contributed by atoms with Gasteiger partial charge in [0.2, 0.25) is 0 Å². The first-order valence-corrected chi connectivity index (χ1v) is 12.7. The first kappa shape index (κ1) is 26.3. The highest BCUT2D eigenvalue weighted by atomic mass is 19.2. The summed E-state index contributed by atoms with van der Waals surface area (Å²) < 4.78 is 55.0. The summed E-state index contributed by atoms with van der Waals surface area (Å²) >= 11 is 0. The molecule has 0 unspecified atom stereocenters. The Bertz CT molecular complexity index is 1320. The lowest BCUT2D eigenvalue weighted by Crippen LogP contribution is -1.98. The van der Waals surface area contributed by atoms with Crippen molar-refractivity contribution in [1.82, 2.24) is 0 Å². The van der Waals surface area contributed by atoms with Crippen LogP contribution in [0.5, 0.6) is 11.5 Å². The third kappa shape index (κ3) is 6.53. The van der Waals surface area contributed by atoms with E-state index in [1.807, 2.05) is 24.3 Å². The fourth-order valence-corrected chi connectivity index (χ4v) is 4.22. The molecule has 0 heterocycles. The molecule has 37 heavy (non-hydrogen) atoms. The quantitative estimate of drug-likeness (QED) is 0.190. The molecule has 0 atom stereocenters. The summed E-state index contributed by atoms with van der Waals surface area (Å²) in [7, 11) is 0. The van der Waals surface area contributed by atoms with Gasteiger partial charge in [0.1, 0.15) is 12.4 Å². The Morgan fingerprint density at radius 2 is 1.22 bits per heavy atom. The molecule has 0 aliphatic rings. The van der Waals surface area contributed by atoms with Gasteiger partial charge in [0.15, 0.2) is 23.2 Å². The zero-order valence-electron chi connectivity index (χ0n) is 21.2. The topological polar surface area (TPSA) is 18.5 Å². The molecule has 0 bridgehead atoms. The smallest absolute Gasteiger partial charge is 0.168 e. The molecule has 0 spiro atoms. The fraction of sp³-hybridized carbons (Fsp3) is 0.250. The molecule has 0 aromatic heterocycles. The zero-order chi connectivity index (χ0) is 26.2. The summed E-state index contributed by atoms with van der Waals surface area (Å²) in [4.78, 5) is 0. The van der Waals surface area contributed by atoms with Crippen LogP contribution in [-0.2, 0) is 13.0 Å². The van der Waals surface area contributed by atoms with Gasteiger partial charge in [-0.1, -0.05) is 80.4 Å². The molecule has 0 saturated heterocycles. The Kier molecular flexibility index (Phi) is 8.89. The van der Waals surface area contributed by atoms with Crippen LogP contribution in [-0.4, -0.2) is 6.61 Å². The minimum absolute atomic E-state index is 0.180. The van der Waals surface area contributed by atoms with E-state index in [9.17, 15) is 4.39 Å². The van der Waals surface area contributed by atoms with Crippen molar-refractivity contribution < 1.29 is 22.6 Å². The first-order chi connectivity index (χ1) is 18.0. The van der Waals surface area contributed by atoms with E-state index in [1.54, 1.807) is 49.4 Å². The predicted molar refractivity (Wildman–Crippen MR) is 142 cm³/mol. The second kappa shape index (κ2) is 12.5. The minimum atomic E-state index is -0.876. The van der Waals surface area contributed by atoms with Crippen molar-refractivity contribution >= 4 is 0 Å². The minimum Gasteiger partial charge on any atom is -0.491 e. The Balaban J connectivity index is 1.43. The van der Waals surface area contributed by atoms with Crippen molar-refractivity contribution in [1.29, 1.82) is 0 Å². The third-order valence-corrected chi connectivity index (χ3v) is 6.29. The number of rotatable bonds is 11. The zero-order valence-corrected chi connectivity index (χ0v) is 21.2. The molecule has 0 aliphatic carbocycles. The lowest BCUT2D eigenvalue weighted by atomic mass is 9.97. The predicted octanol–water partition coefficient (Wildman–Crippen LogP) is 9.15. The van der Waals surface area contributed by atoms with E-state index in [0.717, 1.165) is 24.8 Å². The number of unbranched alkanes of at least 4 members (excludes halogenated alkanes) is 2.